The summed E-state index contributed by atoms with van der Waals surface area (Å²) >= 11 is 0. The molecule has 0 aromatic carbocycles. The van der Waals surface area contributed by atoms with E-state index in [2.05, 4.69) is 17.6 Å². The van der Waals surface area contributed by atoms with Gasteiger partial charge in [-0.05, 0) is 26.2 Å². The van der Waals surface area contributed by atoms with Crippen molar-refractivity contribution < 1.29 is 19.5 Å². The minimum atomic E-state index is -1.02. The van der Waals surface area contributed by atoms with Crippen LogP contribution in [-0.2, 0) is 14.4 Å². The molecule has 182 valence electrons. The Morgan fingerprint density at radius 3 is 1.58 bits per heavy atom. The van der Waals surface area contributed by atoms with Gasteiger partial charge in [-0.2, -0.15) is 0 Å². The van der Waals surface area contributed by atoms with Crippen molar-refractivity contribution in [2.24, 2.45) is 0 Å². The third-order valence-corrected chi connectivity index (χ3v) is 5.76. The number of nitrogens with one attached hydrogen (secondary N) is 2. The molecule has 0 aromatic rings. The van der Waals surface area contributed by atoms with Crippen molar-refractivity contribution in [3.8, 4) is 0 Å². The summed E-state index contributed by atoms with van der Waals surface area (Å²) in [5.41, 5.74) is 0. The molecule has 0 saturated heterocycles. The summed E-state index contributed by atoms with van der Waals surface area (Å²) in [6.07, 6.45) is 18.3. The smallest absolute Gasteiger partial charge is 0.326 e. The molecule has 6 nitrogen and oxygen atoms in total. The fourth-order valence-electron chi connectivity index (χ4n) is 3.68. The van der Waals surface area contributed by atoms with E-state index in [0.717, 1.165) is 12.8 Å². The zero-order valence-electron chi connectivity index (χ0n) is 20.3. The largest absolute Gasteiger partial charge is 0.480 e. The van der Waals surface area contributed by atoms with Gasteiger partial charge in [-0.15, -0.1) is 0 Å². The normalized spacial score (nSPS) is 12.9. The second-order valence-corrected chi connectivity index (χ2v) is 8.87. The van der Waals surface area contributed by atoms with Crippen molar-refractivity contribution in [2.75, 3.05) is 0 Å². The number of hydrogen-bond acceptors (Lipinski definition) is 3. The fourth-order valence-corrected chi connectivity index (χ4v) is 3.68. The maximum Gasteiger partial charge on any atom is 0.326 e. The van der Waals surface area contributed by atoms with Crippen molar-refractivity contribution >= 4 is 17.8 Å². The van der Waals surface area contributed by atoms with Crippen LogP contribution in [0.25, 0.3) is 0 Å². The number of carbonyl (C=O) groups excluding carboxylic acids is 2. The molecule has 0 heterocycles. The molecule has 2 amide bonds. The van der Waals surface area contributed by atoms with Crippen molar-refractivity contribution in [3.05, 3.63) is 0 Å². The average molecular weight is 441 g/mol. The number of rotatable bonds is 21. The third kappa shape index (κ3) is 18.9. The van der Waals surface area contributed by atoms with Gasteiger partial charge in [0.05, 0.1) is 0 Å². The maximum atomic E-state index is 12.0. The lowest BCUT2D eigenvalue weighted by Crippen LogP contribution is -2.41. The first-order chi connectivity index (χ1) is 14.9. The van der Waals surface area contributed by atoms with E-state index in [1.54, 1.807) is 6.92 Å². The zero-order chi connectivity index (χ0) is 23.3. The molecule has 0 bridgehead atoms. The summed E-state index contributed by atoms with van der Waals surface area (Å²) in [6, 6.07) is -0.932. The predicted molar refractivity (Wildman–Crippen MR) is 127 cm³/mol. The Kier molecular flexibility index (Phi) is 19.3. The van der Waals surface area contributed by atoms with Crippen LogP contribution in [0.15, 0.2) is 0 Å². The first-order valence-corrected chi connectivity index (χ1v) is 12.7. The molecule has 0 saturated carbocycles. The van der Waals surface area contributed by atoms with Crippen LogP contribution in [-0.4, -0.2) is 35.0 Å². The van der Waals surface area contributed by atoms with E-state index >= 15 is 0 Å². The summed E-state index contributed by atoms with van der Waals surface area (Å²) < 4.78 is 0. The van der Waals surface area contributed by atoms with Crippen LogP contribution >= 0.6 is 0 Å². The fraction of sp³-hybridized carbons (Fsp3) is 0.880. The Bertz CT molecular complexity index is 482. The number of carboxylic acid groups (broad SMARTS) is 1. The van der Waals surface area contributed by atoms with Gasteiger partial charge < -0.3 is 15.7 Å². The second kappa shape index (κ2) is 20.3. The molecule has 0 radical (unpaired) electrons. The lowest BCUT2D eigenvalue weighted by molar-refractivity contribution is -0.141. The summed E-state index contributed by atoms with van der Waals surface area (Å²) in [5, 5.41) is 14.4. The van der Waals surface area contributed by atoms with Gasteiger partial charge in [0.25, 0.3) is 0 Å². The van der Waals surface area contributed by atoms with Gasteiger partial charge in [-0.1, -0.05) is 90.9 Å². The summed E-state index contributed by atoms with van der Waals surface area (Å²) in [7, 11) is 0. The Morgan fingerprint density at radius 2 is 1.13 bits per heavy atom. The van der Waals surface area contributed by atoms with Crippen LogP contribution in [0.2, 0.25) is 0 Å². The Morgan fingerprint density at radius 1 is 0.677 bits per heavy atom. The zero-order valence-corrected chi connectivity index (χ0v) is 20.3. The maximum absolute atomic E-state index is 12.0. The van der Waals surface area contributed by atoms with Crippen LogP contribution in [0.5, 0.6) is 0 Å². The molecular weight excluding hydrogens is 392 g/mol. The Labute approximate surface area is 190 Å². The van der Waals surface area contributed by atoms with Gasteiger partial charge in [0.15, 0.2) is 0 Å². The number of unbranched alkanes of at least 4 members (excludes halogenated alkanes) is 12. The number of aliphatic carboxylic acids is 1. The van der Waals surface area contributed by atoms with E-state index < -0.39 is 12.0 Å². The summed E-state index contributed by atoms with van der Waals surface area (Å²) in [6.45, 7) is 5.85. The van der Waals surface area contributed by atoms with Crippen molar-refractivity contribution in [2.45, 2.75) is 142 Å². The van der Waals surface area contributed by atoms with Gasteiger partial charge >= 0.3 is 5.97 Å². The van der Waals surface area contributed by atoms with E-state index in [9.17, 15) is 14.4 Å². The van der Waals surface area contributed by atoms with Crippen molar-refractivity contribution in [1.29, 1.82) is 0 Å². The monoisotopic (exact) mass is 440 g/mol. The molecule has 0 aromatic heterocycles. The van der Waals surface area contributed by atoms with E-state index in [0.29, 0.717) is 19.3 Å². The van der Waals surface area contributed by atoms with Crippen LogP contribution < -0.4 is 10.6 Å². The van der Waals surface area contributed by atoms with Crippen LogP contribution in [0.3, 0.4) is 0 Å². The first-order valence-electron chi connectivity index (χ1n) is 12.7. The van der Waals surface area contributed by atoms with Gasteiger partial charge in [0, 0.05) is 18.9 Å². The lowest BCUT2D eigenvalue weighted by Gasteiger charge is -2.15. The van der Waals surface area contributed by atoms with E-state index in [1.807, 2.05) is 6.92 Å². The molecule has 0 aliphatic rings. The van der Waals surface area contributed by atoms with Gasteiger partial charge in [-0.3, -0.25) is 9.59 Å². The van der Waals surface area contributed by atoms with E-state index in [4.69, 9.17) is 5.11 Å². The van der Waals surface area contributed by atoms with E-state index in [1.165, 1.54) is 70.6 Å². The Hall–Kier alpha value is -1.59. The highest BCUT2D eigenvalue weighted by atomic mass is 16.4. The molecule has 0 aliphatic carbocycles. The molecule has 0 spiro atoms. The molecule has 31 heavy (non-hydrogen) atoms. The average Bonchev–Trinajstić information content (AvgIpc) is 2.73. The third-order valence-electron chi connectivity index (χ3n) is 5.76. The van der Waals surface area contributed by atoms with Gasteiger partial charge in [0.1, 0.15) is 6.04 Å². The summed E-state index contributed by atoms with van der Waals surface area (Å²) in [5.74, 6) is -1.27. The molecule has 0 fully saturated rings. The van der Waals surface area contributed by atoms with E-state index in [-0.39, 0.29) is 24.3 Å². The SMILES string of the molecule is CCCCCCCCCCCCCCCC(=O)N[C@H](C)CCC(=O)N[C@@H](CC)C(=O)O. The number of carboxylic acids is 1. The first kappa shape index (κ1) is 29.4. The highest BCUT2D eigenvalue weighted by Crippen LogP contribution is 2.13. The number of carbonyl (C=O) groups is 3. The Balaban J connectivity index is 3.56. The molecule has 6 heteroatoms. The lowest BCUT2D eigenvalue weighted by atomic mass is 10.0. The van der Waals surface area contributed by atoms with Gasteiger partial charge in [-0.25, -0.2) is 4.79 Å². The number of hydrogen-bond donors (Lipinski definition) is 3. The molecular formula is C25H48N2O4. The minimum Gasteiger partial charge on any atom is -0.480 e. The molecule has 0 rings (SSSR count). The van der Waals surface area contributed by atoms with Crippen molar-refractivity contribution in [3.63, 3.8) is 0 Å². The molecule has 0 aliphatic heterocycles. The molecule has 0 unspecified atom stereocenters. The standard InChI is InChI=1S/C25H48N2O4/c1-4-6-7-8-9-10-11-12-13-14-15-16-17-18-23(28)26-21(3)19-20-24(29)27-22(5-2)25(30)31/h21-22H,4-20H2,1-3H3,(H,26,28)(H,27,29)(H,30,31)/t21-,22+/m1/s1. The highest BCUT2D eigenvalue weighted by Gasteiger charge is 2.18. The predicted octanol–water partition coefficient (Wildman–Crippen LogP) is 5.73. The molecule has 2 atom stereocenters. The van der Waals surface area contributed by atoms with Gasteiger partial charge in [0.2, 0.25) is 11.8 Å². The topological polar surface area (TPSA) is 95.5 Å². The second-order valence-electron chi connectivity index (χ2n) is 8.87. The quantitative estimate of drug-likeness (QED) is 0.199. The highest BCUT2D eigenvalue weighted by molar-refractivity contribution is 5.83. The summed E-state index contributed by atoms with van der Waals surface area (Å²) in [4.78, 5) is 34.8. The van der Waals surface area contributed by atoms with Crippen molar-refractivity contribution in [1.82, 2.24) is 10.6 Å². The number of amides is 2. The van der Waals surface area contributed by atoms with Crippen LogP contribution in [0.1, 0.15) is 130 Å². The van der Waals surface area contributed by atoms with Crippen LogP contribution in [0, 0.1) is 0 Å². The molecule has 3 N–H and O–H groups in total. The minimum absolute atomic E-state index is 0.0351. The van der Waals surface area contributed by atoms with Crippen LogP contribution in [0.4, 0.5) is 0 Å².